The van der Waals surface area contributed by atoms with Crippen LogP contribution in [0.5, 0.6) is 0 Å². The Balaban J connectivity index is 2.73. The van der Waals surface area contributed by atoms with Crippen LogP contribution in [0.1, 0.15) is 0 Å². The van der Waals surface area contributed by atoms with Gasteiger partial charge in [0.25, 0.3) is 0 Å². The fourth-order valence-corrected chi connectivity index (χ4v) is 0. The minimum absolute atomic E-state index is 0.279. The molecule has 0 rings (SSSR count). The lowest BCUT2D eigenvalue weighted by atomic mass is 16.0. The second-order valence-corrected chi connectivity index (χ2v) is 1.64. The number of rotatable bonds is 1. The van der Waals surface area contributed by atoms with E-state index in [1.807, 2.05) is 0 Å². The van der Waals surface area contributed by atoms with Crippen LogP contribution in [-0.2, 0) is 9.13 Å². The van der Waals surface area contributed by atoms with Gasteiger partial charge in [0.2, 0.25) is 8.15 Å². The highest BCUT2D eigenvalue weighted by Gasteiger charge is 1.49. The molecule has 0 N–H and O–H groups in total. The first-order valence-corrected chi connectivity index (χ1v) is 3.17. The summed E-state index contributed by atoms with van der Waals surface area (Å²) >= 11 is 0. The maximum absolute atomic E-state index is 9.00. The van der Waals surface area contributed by atoms with E-state index in [0.717, 1.165) is 0 Å². The molecule has 1 unspecified atom stereocenters. The molecule has 1 radical (unpaired) electrons. The minimum atomic E-state index is -0.693. The Morgan fingerprint density at radius 1 is 1.75 bits per heavy atom. The Morgan fingerprint density at radius 3 is 2.00 bits per heavy atom. The second-order valence-electron chi connectivity index (χ2n) is 0.183. The lowest BCUT2D eigenvalue weighted by Gasteiger charge is -1.29. The van der Waals surface area contributed by atoms with Crippen molar-refractivity contribution in [2.24, 2.45) is 0 Å². The van der Waals surface area contributed by atoms with Crippen LogP contribution in [0.15, 0.2) is 0 Å². The molecule has 1 atom stereocenters. The average molecular weight is 95.0 g/mol. The lowest BCUT2D eigenvalue weighted by Crippen LogP contribution is -0.835. The van der Waals surface area contributed by atoms with Crippen molar-refractivity contribution in [1.29, 1.82) is 0 Å². The van der Waals surface area contributed by atoms with Gasteiger partial charge in [-0.2, -0.15) is 0 Å². The van der Waals surface area contributed by atoms with E-state index in [-0.39, 0.29) is 8.15 Å². The molecule has 0 aliphatic heterocycles. The van der Waals surface area contributed by atoms with Gasteiger partial charge in [-0.15, -0.1) is 0 Å². The van der Waals surface area contributed by atoms with Gasteiger partial charge in [0.05, 0.1) is 0 Å². The quantitative estimate of drug-likeness (QED) is 0.458. The average Bonchev–Trinajstić information content (AvgIpc) is 1.37. The summed E-state index contributed by atoms with van der Waals surface area (Å²) in [6, 6.07) is 0. The second kappa shape index (κ2) is 3.20. The van der Waals surface area contributed by atoms with Gasteiger partial charge in [-0.1, -0.05) is 0 Å². The van der Waals surface area contributed by atoms with Crippen molar-refractivity contribution in [3.63, 3.8) is 0 Å². The summed E-state index contributed by atoms with van der Waals surface area (Å²) in [7, 11) is -0.972. The van der Waals surface area contributed by atoms with E-state index in [0.29, 0.717) is 0 Å². The molecule has 0 saturated heterocycles. The molecule has 0 spiro atoms. The van der Waals surface area contributed by atoms with Gasteiger partial charge < -0.3 is 0 Å². The van der Waals surface area contributed by atoms with Gasteiger partial charge in [0.15, 0.2) is 8.15 Å². The number of hydrogen-bond acceptors (Lipinski definition) is 2. The molecule has 4 heavy (non-hydrogen) atoms. The Morgan fingerprint density at radius 2 is 2.00 bits per heavy atom. The predicted molar refractivity (Wildman–Crippen MR) is 16.6 cm³/mol. The number of hydrogen-bond donors (Lipinski definition) is 0. The van der Waals surface area contributed by atoms with Crippen LogP contribution < -0.4 is 0 Å². The van der Waals surface area contributed by atoms with Gasteiger partial charge >= 0.3 is 0 Å². The summed E-state index contributed by atoms with van der Waals surface area (Å²) in [5.41, 5.74) is 0. The molecular formula is HO2P2. The summed E-state index contributed by atoms with van der Waals surface area (Å²) in [5, 5.41) is 0. The monoisotopic (exact) mass is 94.9 g/mol. The van der Waals surface area contributed by atoms with Crippen LogP contribution in [0.3, 0.4) is 0 Å². The topological polar surface area (TPSA) is 34.1 Å². The van der Waals surface area contributed by atoms with E-state index in [2.05, 4.69) is 0 Å². The molecule has 0 aliphatic rings. The highest BCUT2D eigenvalue weighted by Crippen LogP contribution is 2.09. The Kier molecular flexibility index (Phi) is 3.36. The summed E-state index contributed by atoms with van der Waals surface area (Å²) < 4.78 is 18.0. The molecule has 0 fully saturated rings. The van der Waals surface area contributed by atoms with Gasteiger partial charge in [-0.3, -0.25) is 9.13 Å². The van der Waals surface area contributed by atoms with Crippen molar-refractivity contribution in [2.75, 3.05) is 0 Å². The Labute approximate surface area is 26.5 Å². The summed E-state index contributed by atoms with van der Waals surface area (Å²) in [4.78, 5) is 0. The molecule has 4 heteroatoms. The van der Waals surface area contributed by atoms with Crippen molar-refractivity contribution in [3.05, 3.63) is 0 Å². The molecule has 23 valence electrons. The molecule has 0 heterocycles. The molecular weight excluding hydrogens is 93.9 g/mol. The normalized spacial score (nSPS) is 9.00. The third kappa shape index (κ3) is 2.20. The first-order chi connectivity index (χ1) is 1.91. The van der Waals surface area contributed by atoms with Crippen LogP contribution in [0.25, 0.3) is 0 Å². The first kappa shape index (κ1) is 4.20. The molecule has 0 saturated carbocycles. The smallest absolute Gasteiger partial charge is 0.245 e. The van der Waals surface area contributed by atoms with Crippen LogP contribution in [-0.4, -0.2) is 0 Å². The SMILES string of the molecule is O=P[PH]=O. The van der Waals surface area contributed by atoms with Crippen LogP contribution in [0, 0.1) is 0 Å². The standard InChI is InChI=1S/HO2P2/c1-3-4-2/h3H. The molecule has 0 aliphatic carbocycles. The van der Waals surface area contributed by atoms with Crippen LogP contribution in [0.4, 0.5) is 0 Å². The molecule has 0 aromatic heterocycles. The van der Waals surface area contributed by atoms with E-state index < -0.39 is 8.15 Å². The zero-order valence-corrected chi connectivity index (χ0v) is 3.66. The maximum Gasteiger partial charge on any atom is 0.245 e. The van der Waals surface area contributed by atoms with Crippen LogP contribution in [0.2, 0.25) is 0 Å². The summed E-state index contributed by atoms with van der Waals surface area (Å²) in [6.07, 6.45) is 0. The highest BCUT2D eigenvalue weighted by molar-refractivity contribution is 7.99. The van der Waals surface area contributed by atoms with E-state index >= 15 is 0 Å². The van der Waals surface area contributed by atoms with Crippen molar-refractivity contribution < 1.29 is 9.13 Å². The molecule has 0 bridgehead atoms. The van der Waals surface area contributed by atoms with Crippen molar-refractivity contribution in [1.82, 2.24) is 0 Å². The van der Waals surface area contributed by atoms with Crippen LogP contribution >= 0.6 is 16.3 Å². The van der Waals surface area contributed by atoms with E-state index in [4.69, 9.17) is 9.13 Å². The van der Waals surface area contributed by atoms with E-state index in [1.54, 1.807) is 0 Å². The zero-order valence-electron chi connectivity index (χ0n) is 1.76. The third-order valence-corrected chi connectivity index (χ3v) is 0.335. The fourth-order valence-electron chi connectivity index (χ4n) is 0. The van der Waals surface area contributed by atoms with Crippen molar-refractivity contribution >= 4 is 16.3 Å². The molecule has 0 aromatic carbocycles. The van der Waals surface area contributed by atoms with Gasteiger partial charge in [-0.25, -0.2) is 0 Å². The van der Waals surface area contributed by atoms with Gasteiger partial charge in [-0.05, 0) is 0 Å². The van der Waals surface area contributed by atoms with Crippen molar-refractivity contribution in [3.8, 4) is 0 Å². The van der Waals surface area contributed by atoms with Gasteiger partial charge in [0.1, 0.15) is 0 Å². The molecule has 0 aromatic rings. The van der Waals surface area contributed by atoms with Crippen molar-refractivity contribution in [2.45, 2.75) is 0 Å². The van der Waals surface area contributed by atoms with E-state index in [1.165, 1.54) is 0 Å². The lowest BCUT2D eigenvalue weighted by molar-refractivity contribution is 0.592. The largest absolute Gasteiger partial charge is 0.278 e. The third-order valence-electron chi connectivity index (χ3n) is 0.0373. The first-order valence-electron chi connectivity index (χ1n) is 0.610. The highest BCUT2D eigenvalue weighted by atomic mass is 32.0. The van der Waals surface area contributed by atoms with Gasteiger partial charge in [0, 0.05) is 0 Å². The Hall–Kier alpha value is 0.200. The Bertz CT molecular complexity index is 25.0. The predicted octanol–water partition coefficient (Wildman–Crippen LogP) is 1.22. The molecule has 2 nitrogen and oxygen atoms in total. The van der Waals surface area contributed by atoms with E-state index in [9.17, 15) is 0 Å². The zero-order chi connectivity index (χ0) is 3.41. The molecule has 0 amide bonds. The minimum Gasteiger partial charge on any atom is -0.278 e. The summed E-state index contributed by atoms with van der Waals surface area (Å²) in [6.45, 7) is 0. The maximum atomic E-state index is 9.00. The summed E-state index contributed by atoms with van der Waals surface area (Å²) in [5.74, 6) is 0. The fraction of sp³-hybridized carbons (Fsp3) is 0.